The van der Waals surface area contributed by atoms with E-state index in [0.29, 0.717) is 19.0 Å². The molecule has 1 saturated heterocycles. The Morgan fingerprint density at radius 1 is 1.27 bits per heavy atom. The number of rotatable bonds is 4. The predicted octanol–water partition coefficient (Wildman–Crippen LogP) is -0.283. The van der Waals surface area contributed by atoms with Gasteiger partial charge in [0.15, 0.2) is 0 Å². The van der Waals surface area contributed by atoms with Gasteiger partial charge in [-0.05, 0) is 0 Å². The molecule has 1 heterocycles. The van der Waals surface area contributed by atoms with E-state index in [1.807, 2.05) is 0 Å². The topological polar surface area (TPSA) is 67.4 Å². The molecule has 0 aliphatic carbocycles. The van der Waals surface area contributed by atoms with Crippen molar-refractivity contribution in [3.05, 3.63) is 0 Å². The highest BCUT2D eigenvalue weighted by Crippen LogP contribution is 2.24. The van der Waals surface area contributed by atoms with E-state index in [1.54, 1.807) is 11.8 Å². The molecule has 0 spiro atoms. The highest BCUT2D eigenvalue weighted by Gasteiger charge is 2.28. The zero-order valence-corrected chi connectivity index (χ0v) is 9.73. The number of hydrogen-bond acceptors (Lipinski definition) is 4. The molecule has 86 valence electrons. The van der Waals surface area contributed by atoms with Gasteiger partial charge in [-0.25, -0.2) is 0 Å². The molecule has 2 amide bonds. The average molecular weight is 232 g/mol. The fourth-order valence-electron chi connectivity index (χ4n) is 1.30. The first-order valence-electron chi connectivity index (χ1n) is 4.81. The van der Waals surface area contributed by atoms with E-state index in [0.717, 1.165) is 0 Å². The lowest BCUT2D eigenvalue weighted by Crippen LogP contribution is -2.40. The van der Waals surface area contributed by atoms with Crippen molar-refractivity contribution in [1.29, 1.82) is 0 Å². The quantitative estimate of drug-likeness (QED) is 0.699. The highest BCUT2D eigenvalue weighted by molar-refractivity contribution is 8.00. The maximum atomic E-state index is 10.7. The van der Waals surface area contributed by atoms with E-state index < -0.39 is 0 Å². The van der Waals surface area contributed by atoms with Crippen molar-refractivity contribution < 1.29 is 14.3 Å². The van der Waals surface area contributed by atoms with E-state index >= 15 is 0 Å². The summed E-state index contributed by atoms with van der Waals surface area (Å²) in [5.41, 5.74) is 0. The summed E-state index contributed by atoms with van der Waals surface area (Å²) in [5, 5.41) is 5.69. The van der Waals surface area contributed by atoms with Gasteiger partial charge < -0.3 is 15.4 Å². The number of carbonyl (C=O) groups excluding carboxylic acids is 2. The summed E-state index contributed by atoms with van der Waals surface area (Å²) >= 11 is 1.66. The Balaban J connectivity index is 2.29. The van der Waals surface area contributed by atoms with Gasteiger partial charge in [0.1, 0.15) is 0 Å². The molecule has 1 fully saturated rings. The first-order valence-corrected chi connectivity index (χ1v) is 5.86. The van der Waals surface area contributed by atoms with Gasteiger partial charge in [-0.1, -0.05) is 0 Å². The molecule has 6 heteroatoms. The normalized spacial score (nSPS) is 24.9. The average Bonchev–Trinajstić information content (AvgIpc) is 2.58. The van der Waals surface area contributed by atoms with Crippen molar-refractivity contribution in [3.63, 3.8) is 0 Å². The van der Waals surface area contributed by atoms with Gasteiger partial charge >= 0.3 is 0 Å². The van der Waals surface area contributed by atoms with Crippen molar-refractivity contribution in [2.45, 2.75) is 25.2 Å². The van der Waals surface area contributed by atoms with Gasteiger partial charge in [-0.2, -0.15) is 0 Å². The minimum absolute atomic E-state index is 0.00856. The number of nitrogens with one attached hydrogen (secondary N) is 2. The molecule has 0 radical (unpaired) electrons. The third kappa shape index (κ3) is 4.53. The molecule has 0 aromatic rings. The number of amides is 2. The van der Waals surface area contributed by atoms with Crippen LogP contribution in [0.2, 0.25) is 0 Å². The smallest absolute Gasteiger partial charge is 0.216 e. The van der Waals surface area contributed by atoms with Crippen LogP contribution in [0.4, 0.5) is 0 Å². The summed E-state index contributed by atoms with van der Waals surface area (Å²) in [4.78, 5) is 21.5. The lowest BCUT2D eigenvalue weighted by Gasteiger charge is -2.17. The second-order valence-corrected chi connectivity index (χ2v) is 4.58. The van der Waals surface area contributed by atoms with Gasteiger partial charge in [0.25, 0.3) is 0 Å². The minimum Gasteiger partial charge on any atom is -0.365 e. The minimum atomic E-state index is -0.0613. The molecular formula is C9H16N2O3S. The van der Waals surface area contributed by atoms with Crippen LogP contribution < -0.4 is 10.6 Å². The second kappa shape index (κ2) is 5.97. The van der Waals surface area contributed by atoms with Crippen molar-refractivity contribution in [1.82, 2.24) is 10.6 Å². The van der Waals surface area contributed by atoms with Crippen LogP contribution in [0.1, 0.15) is 13.8 Å². The highest BCUT2D eigenvalue weighted by atomic mass is 32.2. The van der Waals surface area contributed by atoms with Crippen LogP contribution in [0.5, 0.6) is 0 Å². The van der Waals surface area contributed by atoms with Crippen LogP contribution in [0.15, 0.2) is 0 Å². The Labute approximate surface area is 93.3 Å². The summed E-state index contributed by atoms with van der Waals surface area (Å²) in [5.74, 6) is 0.517. The molecular weight excluding hydrogens is 216 g/mol. The van der Waals surface area contributed by atoms with E-state index in [1.165, 1.54) is 13.8 Å². The number of ether oxygens (including phenoxy) is 1. The fourth-order valence-corrected chi connectivity index (χ4v) is 2.32. The zero-order valence-electron chi connectivity index (χ0n) is 8.91. The molecule has 2 atom stereocenters. The van der Waals surface area contributed by atoms with Gasteiger partial charge in [-0.15, -0.1) is 11.8 Å². The number of carbonyl (C=O) groups is 2. The van der Waals surface area contributed by atoms with Gasteiger partial charge in [-0.3, -0.25) is 9.59 Å². The third-order valence-electron chi connectivity index (χ3n) is 2.08. The molecule has 15 heavy (non-hydrogen) atoms. The third-order valence-corrected chi connectivity index (χ3v) is 3.25. The number of hydrogen-bond donors (Lipinski definition) is 2. The lowest BCUT2D eigenvalue weighted by atomic mass is 10.2. The van der Waals surface area contributed by atoms with Crippen molar-refractivity contribution in [3.8, 4) is 0 Å². The van der Waals surface area contributed by atoms with E-state index in [9.17, 15) is 9.59 Å². The van der Waals surface area contributed by atoms with Crippen molar-refractivity contribution in [2.75, 3.05) is 19.0 Å². The van der Waals surface area contributed by atoms with Gasteiger partial charge in [0.2, 0.25) is 11.8 Å². The van der Waals surface area contributed by atoms with Crippen LogP contribution in [-0.2, 0) is 14.3 Å². The molecule has 0 aromatic heterocycles. The van der Waals surface area contributed by atoms with Crippen LogP contribution in [0.3, 0.4) is 0 Å². The lowest BCUT2D eigenvalue weighted by molar-refractivity contribution is -0.120. The Bertz CT molecular complexity index is 224. The van der Waals surface area contributed by atoms with Gasteiger partial charge in [0.05, 0.1) is 17.3 Å². The van der Waals surface area contributed by atoms with Crippen molar-refractivity contribution in [2.24, 2.45) is 0 Å². The molecule has 1 rings (SSSR count). The predicted molar refractivity (Wildman–Crippen MR) is 58.5 cm³/mol. The Kier molecular flexibility index (Phi) is 4.90. The standard InChI is InChI=1S/C9H16N2O3S/c1-6(12)10-3-8-9(15-5-14-8)4-11-7(2)13/h8-9H,3-5H2,1-2H3,(H,10,12)(H,11,13). The number of thioether (sulfide) groups is 1. The Morgan fingerprint density at radius 2 is 1.87 bits per heavy atom. The summed E-state index contributed by atoms with van der Waals surface area (Å²) in [6.45, 7) is 4.06. The van der Waals surface area contributed by atoms with Crippen LogP contribution in [-0.4, -0.2) is 42.2 Å². The van der Waals surface area contributed by atoms with Gasteiger partial charge in [0, 0.05) is 26.9 Å². The van der Waals surface area contributed by atoms with E-state index in [2.05, 4.69) is 10.6 Å². The SMILES string of the molecule is CC(=O)NCC1OCSC1CNC(C)=O. The largest absolute Gasteiger partial charge is 0.365 e. The first-order chi connectivity index (χ1) is 7.09. The molecule has 2 unspecified atom stereocenters. The maximum Gasteiger partial charge on any atom is 0.216 e. The Morgan fingerprint density at radius 3 is 2.47 bits per heavy atom. The maximum absolute atomic E-state index is 10.7. The summed E-state index contributed by atoms with van der Waals surface area (Å²) in [7, 11) is 0. The molecule has 0 bridgehead atoms. The molecule has 1 aliphatic heterocycles. The fraction of sp³-hybridized carbons (Fsp3) is 0.778. The monoisotopic (exact) mass is 232 g/mol. The molecule has 5 nitrogen and oxygen atoms in total. The molecule has 1 aliphatic rings. The van der Waals surface area contributed by atoms with E-state index in [4.69, 9.17) is 4.74 Å². The first kappa shape index (κ1) is 12.3. The summed E-state index contributed by atoms with van der Waals surface area (Å²) < 4.78 is 5.45. The van der Waals surface area contributed by atoms with Crippen LogP contribution >= 0.6 is 11.8 Å². The van der Waals surface area contributed by atoms with Crippen LogP contribution in [0, 0.1) is 0 Å². The zero-order chi connectivity index (χ0) is 11.3. The summed E-state index contributed by atoms with van der Waals surface area (Å²) in [6.07, 6.45) is -0.00856. The second-order valence-electron chi connectivity index (χ2n) is 3.40. The molecule has 0 saturated carbocycles. The van der Waals surface area contributed by atoms with E-state index in [-0.39, 0.29) is 23.2 Å². The summed E-state index contributed by atoms with van der Waals surface area (Å²) in [6, 6.07) is 0. The van der Waals surface area contributed by atoms with Crippen molar-refractivity contribution >= 4 is 23.6 Å². The Hall–Kier alpha value is -0.750. The molecule has 0 aromatic carbocycles. The van der Waals surface area contributed by atoms with Crippen LogP contribution in [0.25, 0.3) is 0 Å². The molecule has 2 N–H and O–H groups in total.